The lowest BCUT2D eigenvalue weighted by molar-refractivity contribution is 0.665. The smallest absolute Gasteiger partial charge is 0.160 e. The van der Waals surface area contributed by atoms with Crippen LogP contribution in [0.5, 0.6) is 0 Å². The van der Waals surface area contributed by atoms with Gasteiger partial charge in [0.05, 0.1) is 27.8 Å². The molecule has 3 aromatic heterocycles. The van der Waals surface area contributed by atoms with Crippen molar-refractivity contribution in [3.05, 3.63) is 151 Å². The fraction of sp³-hybridized carbons (Fsp3) is 0.0465. The molecule has 1 aliphatic carbocycles. The van der Waals surface area contributed by atoms with Crippen molar-refractivity contribution in [3.63, 3.8) is 0 Å². The molecule has 0 spiro atoms. The van der Waals surface area contributed by atoms with Gasteiger partial charge in [-0.2, -0.15) is 5.26 Å². The van der Waals surface area contributed by atoms with E-state index >= 15 is 0 Å². The third-order valence-electron chi connectivity index (χ3n) is 9.79. The summed E-state index contributed by atoms with van der Waals surface area (Å²) >= 11 is 0. The van der Waals surface area contributed by atoms with Crippen LogP contribution in [0.2, 0.25) is 0 Å². The molecule has 0 saturated carbocycles. The van der Waals surface area contributed by atoms with Crippen molar-refractivity contribution >= 4 is 71.1 Å². The number of aromatic nitrogens is 2. The lowest BCUT2D eigenvalue weighted by Crippen LogP contribution is -2.05. The summed E-state index contributed by atoms with van der Waals surface area (Å²) in [6.45, 7) is 0. The van der Waals surface area contributed by atoms with Gasteiger partial charge < -0.3 is 13.6 Å². The number of nitriles is 1. The van der Waals surface area contributed by atoms with E-state index in [0.717, 1.165) is 89.7 Å². The zero-order chi connectivity index (χ0) is 31.1. The van der Waals surface area contributed by atoms with Crippen molar-refractivity contribution in [1.29, 1.82) is 5.26 Å². The molecular weight excluding hydrogens is 574 g/mol. The van der Waals surface area contributed by atoms with E-state index in [-0.39, 0.29) is 0 Å². The van der Waals surface area contributed by atoms with Gasteiger partial charge in [0.25, 0.3) is 0 Å². The Morgan fingerprint density at radius 3 is 1.66 bits per heavy atom. The maximum atomic E-state index is 11.2. The van der Waals surface area contributed by atoms with Gasteiger partial charge in [0.15, 0.2) is 5.58 Å². The first-order valence-electron chi connectivity index (χ1n) is 16.1. The molecule has 0 bridgehead atoms. The first-order valence-corrected chi connectivity index (χ1v) is 16.1. The minimum atomic E-state index is 0.563. The Labute approximate surface area is 270 Å². The van der Waals surface area contributed by atoms with Crippen molar-refractivity contribution in [3.8, 4) is 17.4 Å². The van der Waals surface area contributed by atoms with Crippen molar-refractivity contribution in [2.75, 3.05) is 0 Å². The third kappa shape index (κ3) is 3.57. The molecule has 3 heterocycles. The highest BCUT2D eigenvalue weighted by Crippen LogP contribution is 2.45. The highest BCUT2D eigenvalue weighted by molar-refractivity contribution is 6.16. The van der Waals surface area contributed by atoms with E-state index in [0.29, 0.717) is 11.1 Å². The van der Waals surface area contributed by atoms with E-state index in [2.05, 4.69) is 155 Å². The Balaban J connectivity index is 1.44. The molecule has 220 valence electrons. The van der Waals surface area contributed by atoms with Crippen LogP contribution in [0.4, 0.5) is 0 Å². The van der Waals surface area contributed by atoms with Crippen LogP contribution in [-0.4, -0.2) is 9.13 Å². The molecule has 0 fully saturated rings. The summed E-state index contributed by atoms with van der Waals surface area (Å²) in [7, 11) is 0. The Morgan fingerprint density at radius 1 is 0.553 bits per heavy atom. The molecule has 4 nitrogen and oxygen atoms in total. The van der Waals surface area contributed by atoms with Gasteiger partial charge in [-0.3, -0.25) is 0 Å². The van der Waals surface area contributed by atoms with Gasteiger partial charge in [-0.15, -0.1) is 0 Å². The second-order valence-corrected chi connectivity index (χ2v) is 12.3. The van der Waals surface area contributed by atoms with Crippen molar-refractivity contribution < 1.29 is 4.42 Å². The van der Waals surface area contributed by atoms with Crippen LogP contribution in [0, 0.1) is 11.3 Å². The van der Waals surface area contributed by atoms with Gasteiger partial charge in [-0.05, 0) is 48.7 Å². The summed E-state index contributed by atoms with van der Waals surface area (Å²) in [5.74, 6) is 0. The number of nitrogens with zero attached hydrogens (tertiary/aromatic N) is 3. The van der Waals surface area contributed by atoms with Gasteiger partial charge in [-0.25, -0.2) is 0 Å². The van der Waals surface area contributed by atoms with E-state index in [1.54, 1.807) is 0 Å². The summed E-state index contributed by atoms with van der Waals surface area (Å²) in [6.07, 6.45) is 8.77. The molecule has 0 unspecified atom stereocenters. The van der Waals surface area contributed by atoms with Crippen molar-refractivity contribution in [2.24, 2.45) is 0 Å². The number of allylic oxidation sites excluding steroid dienone is 4. The Kier molecular flexibility index (Phi) is 5.44. The van der Waals surface area contributed by atoms with Crippen LogP contribution in [0.15, 0.2) is 144 Å². The molecule has 10 rings (SSSR count). The number of furan rings is 1. The molecule has 6 aromatic carbocycles. The molecule has 9 aromatic rings. The van der Waals surface area contributed by atoms with Crippen LogP contribution in [0.1, 0.15) is 24.0 Å². The molecule has 0 aliphatic heterocycles. The predicted octanol–water partition coefficient (Wildman–Crippen LogP) is 11.4. The second kappa shape index (κ2) is 9.84. The number of benzene rings is 6. The van der Waals surface area contributed by atoms with Crippen LogP contribution in [0.25, 0.3) is 82.5 Å². The largest absolute Gasteiger partial charge is 0.453 e. The van der Waals surface area contributed by atoms with Crippen LogP contribution in [-0.2, 0) is 0 Å². The normalized spacial score (nSPS) is 13.4. The van der Waals surface area contributed by atoms with E-state index in [4.69, 9.17) is 4.42 Å². The molecule has 0 radical (unpaired) electrons. The predicted molar refractivity (Wildman–Crippen MR) is 193 cm³/mol. The average molecular weight is 602 g/mol. The van der Waals surface area contributed by atoms with Crippen molar-refractivity contribution in [2.45, 2.75) is 12.8 Å². The number of hydrogen-bond donors (Lipinski definition) is 0. The van der Waals surface area contributed by atoms with Gasteiger partial charge in [-0.1, -0.05) is 109 Å². The lowest BCUT2D eigenvalue weighted by Gasteiger charge is -2.16. The third-order valence-corrected chi connectivity index (χ3v) is 9.79. The maximum absolute atomic E-state index is 11.2. The monoisotopic (exact) mass is 601 g/mol. The Morgan fingerprint density at radius 2 is 1.11 bits per heavy atom. The first kappa shape index (κ1) is 26.0. The standard InChI is InChI=1S/C43H27N3O/c44-26-35-40(45-36-21-8-4-15-29(36)30-16-5-9-22-37(30)45)25-34-33-20-12-19-28(27-13-2-1-3-14-27)42(33)47-43(34)41(35)46-38-23-10-6-17-31(38)32-18-7-11-24-39(32)46/h2,4-25H,1,3H2. The highest BCUT2D eigenvalue weighted by atomic mass is 16.3. The van der Waals surface area contributed by atoms with Gasteiger partial charge >= 0.3 is 0 Å². The summed E-state index contributed by atoms with van der Waals surface area (Å²) in [5, 5.41) is 17.8. The van der Waals surface area contributed by atoms with Crippen LogP contribution >= 0.6 is 0 Å². The zero-order valence-electron chi connectivity index (χ0n) is 25.4. The fourth-order valence-electron chi connectivity index (χ4n) is 7.79. The minimum Gasteiger partial charge on any atom is -0.453 e. The highest BCUT2D eigenvalue weighted by Gasteiger charge is 2.27. The molecule has 0 N–H and O–H groups in total. The summed E-state index contributed by atoms with van der Waals surface area (Å²) in [5.41, 5.74) is 10.1. The quantitative estimate of drug-likeness (QED) is 0.202. The van der Waals surface area contributed by atoms with E-state index in [1.807, 2.05) is 0 Å². The second-order valence-electron chi connectivity index (χ2n) is 12.3. The molecule has 4 heteroatoms. The Hall–Kier alpha value is -6.31. The summed E-state index contributed by atoms with van der Waals surface area (Å²) < 4.78 is 11.5. The van der Waals surface area contributed by atoms with Crippen LogP contribution in [0.3, 0.4) is 0 Å². The van der Waals surface area contributed by atoms with E-state index in [9.17, 15) is 5.26 Å². The van der Waals surface area contributed by atoms with E-state index in [1.165, 1.54) is 5.57 Å². The molecule has 47 heavy (non-hydrogen) atoms. The molecule has 0 amide bonds. The molecule has 0 saturated heterocycles. The zero-order valence-corrected chi connectivity index (χ0v) is 25.4. The lowest BCUT2D eigenvalue weighted by atomic mass is 9.97. The minimum absolute atomic E-state index is 0.563. The van der Waals surface area contributed by atoms with Crippen LogP contribution < -0.4 is 0 Å². The summed E-state index contributed by atoms with van der Waals surface area (Å²) in [4.78, 5) is 0. The number of rotatable bonds is 3. The summed E-state index contributed by atoms with van der Waals surface area (Å²) in [6, 6.07) is 45.1. The van der Waals surface area contributed by atoms with Gasteiger partial charge in [0.1, 0.15) is 22.9 Å². The average Bonchev–Trinajstić information content (AvgIpc) is 3.79. The molecule has 0 atom stereocenters. The Bertz CT molecular complexity index is 2760. The number of hydrogen-bond acceptors (Lipinski definition) is 2. The number of para-hydroxylation sites is 5. The topological polar surface area (TPSA) is 46.8 Å². The van der Waals surface area contributed by atoms with Gasteiger partial charge in [0.2, 0.25) is 0 Å². The molecular formula is C43H27N3O. The molecule has 1 aliphatic rings. The first-order chi connectivity index (χ1) is 23.3. The van der Waals surface area contributed by atoms with Crippen molar-refractivity contribution in [1.82, 2.24) is 9.13 Å². The van der Waals surface area contributed by atoms with Gasteiger partial charge in [0, 0.05) is 37.9 Å². The number of fused-ring (bicyclic) bond motifs is 9. The fourth-order valence-corrected chi connectivity index (χ4v) is 7.79. The SMILES string of the molecule is N#Cc1c(-n2c3ccccc3c3ccccc32)cc2c(oc3c(C4=CCCC=C4)cccc32)c1-n1c2ccccc2c2ccccc21. The maximum Gasteiger partial charge on any atom is 0.160 e. The van der Waals surface area contributed by atoms with E-state index < -0.39 is 0 Å².